The first-order chi connectivity index (χ1) is 15.6. The summed E-state index contributed by atoms with van der Waals surface area (Å²) in [7, 11) is 1.47. The summed E-state index contributed by atoms with van der Waals surface area (Å²) in [5.74, 6) is -1.63. The molecule has 1 aromatic heterocycles. The number of carbonyl (C=O) groups is 3. The van der Waals surface area contributed by atoms with Gasteiger partial charge in [0.2, 0.25) is 0 Å². The van der Waals surface area contributed by atoms with E-state index in [0.29, 0.717) is 11.3 Å². The van der Waals surface area contributed by atoms with E-state index in [0.717, 1.165) is 18.2 Å². The Morgan fingerprint density at radius 2 is 1.55 bits per heavy atom. The van der Waals surface area contributed by atoms with Crippen LogP contribution in [0.15, 0.2) is 60.9 Å². The minimum absolute atomic E-state index is 0.173. The molecule has 0 fully saturated rings. The Labute approximate surface area is 187 Å². The summed E-state index contributed by atoms with van der Waals surface area (Å²) in [6.07, 6.45) is -1.85. The van der Waals surface area contributed by atoms with Crippen LogP contribution in [0.4, 0.5) is 24.5 Å². The third-order valence-electron chi connectivity index (χ3n) is 4.68. The summed E-state index contributed by atoms with van der Waals surface area (Å²) < 4.78 is 38.7. The van der Waals surface area contributed by atoms with Gasteiger partial charge in [0, 0.05) is 30.1 Å². The molecule has 33 heavy (non-hydrogen) atoms. The number of hydrogen-bond acceptors (Lipinski definition) is 4. The van der Waals surface area contributed by atoms with E-state index in [1.807, 2.05) is 0 Å². The fourth-order valence-corrected chi connectivity index (χ4v) is 2.96. The molecule has 3 amide bonds. The van der Waals surface area contributed by atoms with Gasteiger partial charge in [0.05, 0.1) is 23.0 Å². The van der Waals surface area contributed by atoms with Crippen LogP contribution < -0.4 is 16.0 Å². The lowest BCUT2D eigenvalue weighted by atomic mass is 10.1. The van der Waals surface area contributed by atoms with Crippen molar-refractivity contribution in [2.45, 2.75) is 13.1 Å². The molecule has 1 heterocycles. The minimum Gasteiger partial charge on any atom is -0.355 e. The Balaban J connectivity index is 1.79. The van der Waals surface area contributed by atoms with Crippen LogP contribution in [0.5, 0.6) is 0 Å². The maximum absolute atomic E-state index is 12.9. The zero-order valence-electron chi connectivity index (χ0n) is 17.6. The first-order valence-electron chi connectivity index (χ1n) is 9.66. The normalized spacial score (nSPS) is 10.9. The second-order valence-electron chi connectivity index (χ2n) is 7.06. The van der Waals surface area contributed by atoms with Crippen molar-refractivity contribution in [1.82, 2.24) is 10.3 Å². The SMILES string of the molecule is CNC(=O)c1cncc(NC(=O)c2cc(NC(=O)c3cccc(C(F)(F)F)c3)ccc2C)c1. The number of nitrogens with one attached hydrogen (secondary N) is 3. The van der Waals surface area contributed by atoms with E-state index in [-0.39, 0.29) is 28.3 Å². The van der Waals surface area contributed by atoms with Crippen LogP contribution in [0.3, 0.4) is 0 Å². The third-order valence-corrected chi connectivity index (χ3v) is 4.68. The predicted octanol–water partition coefficient (Wildman–Crippen LogP) is 4.27. The molecule has 0 aliphatic heterocycles. The highest BCUT2D eigenvalue weighted by Crippen LogP contribution is 2.29. The van der Waals surface area contributed by atoms with Gasteiger partial charge in [-0.05, 0) is 48.9 Å². The van der Waals surface area contributed by atoms with E-state index < -0.39 is 23.6 Å². The number of hydrogen-bond donors (Lipinski definition) is 3. The van der Waals surface area contributed by atoms with Crippen LogP contribution in [-0.2, 0) is 6.18 Å². The highest BCUT2D eigenvalue weighted by atomic mass is 19.4. The van der Waals surface area contributed by atoms with Gasteiger partial charge < -0.3 is 16.0 Å². The highest BCUT2D eigenvalue weighted by Gasteiger charge is 2.30. The molecule has 3 aromatic rings. The molecule has 170 valence electrons. The van der Waals surface area contributed by atoms with Gasteiger partial charge in [0.15, 0.2) is 0 Å². The Hall–Kier alpha value is -4.21. The lowest BCUT2D eigenvalue weighted by molar-refractivity contribution is -0.137. The number of amides is 3. The first-order valence-corrected chi connectivity index (χ1v) is 9.66. The number of aryl methyl sites for hydroxylation is 1. The second kappa shape index (κ2) is 9.51. The first kappa shape index (κ1) is 23.5. The molecule has 0 unspecified atom stereocenters. The average Bonchev–Trinajstić information content (AvgIpc) is 2.79. The molecule has 2 aromatic carbocycles. The Bertz CT molecular complexity index is 1230. The van der Waals surface area contributed by atoms with Crippen molar-refractivity contribution in [1.29, 1.82) is 0 Å². The molecular weight excluding hydrogens is 437 g/mol. The van der Waals surface area contributed by atoms with Crippen LogP contribution in [0.1, 0.15) is 42.2 Å². The largest absolute Gasteiger partial charge is 0.416 e. The fourth-order valence-electron chi connectivity index (χ4n) is 2.96. The molecule has 3 rings (SSSR count). The standard InChI is InChI=1S/C23H19F3N4O3/c1-13-6-7-17(29-21(32)14-4-3-5-16(8-14)23(24,25)26)10-19(13)22(33)30-18-9-15(11-28-12-18)20(31)27-2/h3-12H,1-2H3,(H,27,31)(H,29,32)(H,30,33). The van der Waals surface area contributed by atoms with Crippen molar-refractivity contribution in [3.63, 3.8) is 0 Å². The van der Waals surface area contributed by atoms with Gasteiger partial charge in [0.25, 0.3) is 17.7 Å². The zero-order valence-corrected chi connectivity index (χ0v) is 17.6. The van der Waals surface area contributed by atoms with Gasteiger partial charge in [-0.2, -0.15) is 13.2 Å². The predicted molar refractivity (Wildman–Crippen MR) is 116 cm³/mol. The van der Waals surface area contributed by atoms with Crippen molar-refractivity contribution >= 4 is 29.1 Å². The second-order valence-corrected chi connectivity index (χ2v) is 7.06. The van der Waals surface area contributed by atoms with Gasteiger partial charge in [-0.1, -0.05) is 12.1 Å². The van der Waals surface area contributed by atoms with Crippen molar-refractivity contribution in [3.8, 4) is 0 Å². The lowest BCUT2D eigenvalue weighted by Crippen LogP contribution is -2.19. The van der Waals surface area contributed by atoms with Gasteiger partial charge in [-0.15, -0.1) is 0 Å². The number of alkyl halides is 3. The van der Waals surface area contributed by atoms with Crippen molar-refractivity contribution in [2.75, 3.05) is 17.7 Å². The number of carbonyl (C=O) groups excluding carboxylic acids is 3. The molecule has 0 bridgehead atoms. The Morgan fingerprint density at radius 3 is 2.24 bits per heavy atom. The summed E-state index contributed by atoms with van der Waals surface area (Å²) in [6.45, 7) is 1.69. The minimum atomic E-state index is -4.57. The maximum atomic E-state index is 12.9. The van der Waals surface area contributed by atoms with Gasteiger partial charge in [-0.3, -0.25) is 19.4 Å². The van der Waals surface area contributed by atoms with E-state index >= 15 is 0 Å². The van der Waals surface area contributed by atoms with Gasteiger partial charge in [0.1, 0.15) is 0 Å². The maximum Gasteiger partial charge on any atom is 0.416 e. The zero-order chi connectivity index (χ0) is 24.2. The monoisotopic (exact) mass is 456 g/mol. The summed E-state index contributed by atoms with van der Waals surface area (Å²) >= 11 is 0. The van der Waals surface area contributed by atoms with Crippen molar-refractivity contribution in [2.24, 2.45) is 0 Å². The Kier molecular flexibility index (Phi) is 6.76. The summed E-state index contributed by atoms with van der Waals surface area (Å²) in [6, 6.07) is 10.0. The molecule has 7 nitrogen and oxygen atoms in total. The molecule has 3 N–H and O–H groups in total. The molecule has 0 spiro atoms. The van der Waals surface area contributed by atoms with E-state index in [2.05, 4.69) is 20.9 Å². The van der Waals surface area contributed by atoms with Crippen LogP contribution in [0.25, 0.3) is 0 Å². The smallest absolute Gasteiger partial charge is 0.355 e. The fraction of sp³-hybridized carbons (Fsp3) is 0.130. The molecule has 0 aliphatic rings. The van der Waals surface area contributed by atoms with Crippen LogP contribution in [-0.4, -0.2) is 29.8 Å². The van der Waals surface area contributed by atoms with E-state index in [1.165, 1.54) is 43.7 Å². The number of pyridine rings is 1. The third kappa shape index (κ3) is 5.73. The number of aromatic nitrogens is 1. The van der Waals surface area contributed by atoms with Crippen LogP contribution >= 0.6 is 0 Å². The number of rotatable bonds is 5. The number of nitrogens with zero attached hydrogens (tertiary/aromatic N) is 1. The quantitative estimate of drug-likeness (QED) is 0.534. The highest BCUT2D eigenvalue weighted by molar-refractivity contribution is 6.08. The lowest BCUT2D eigenvalue weighted by Gasteiger charge is -2.12. The summed E-state index contributed by atoms with van der Waals surface area (Å²) in [5, 5.41) is 7.60. The topological polar surface area (TPSA) is 100 Å². The molecule has 0 radical (unpaired) electrons. The number of benzene rings is 2. The number of anilines is 2. The summed E-state index contributed by atoms with van der Waals surface area (Å²) in [4.78, 5) is 40.9. The molecule has 0 saturated carbocycles. The van der Waals surface area contributed by atoms with E-state index in [4.69, 9.17) is 0 Å². The molecule has 0 aliphatic carbocycles. The van der Waals surface area contributed by atoms with Gasteiger partial charge >= 0.3 is 6.18 Å². The number of halogens is 3. The molecular formula is C23H19F3N4O3. The van der Waals surface area contributed by atoms with E-state index in [9.17, 15) is 27.6 Å². The summed E-state index contributed by atoms with van der Waals surface area (Å²) in [5.41, 5.74) is 0.487. The van der Waals surface area contributed by atoms with Crippen molar-refractivity contribution in [3.05, 3.63) is 88.7 Å². The molecule has 0 saturated heterocycles. The van der Waals surface area contributed by atoms with Crippen LogP contribution in [0, 0.1) is 6.92 Å². The molecule has 10 heteroatoms. The molecule has 0 atom stereocenters. The van der Waals surface area contributed by atoms with Crippen LogP contribution in [0.2, 0.25) is 0 Å². The van der Waals surface area contributed by atoms with E-state index in [1.54, 1.807) is 13.0 Å². The Morgan fingerprint density at radius 1 is 0.818 bits per heavy atom. The average molecular weight is 456 g/mol. The van der Waals surface area contributed by atoms with Crippen molar-refractivity contribution < 1.29 is 27.6 Å². The van der Waals surface area contributed by atoms with Gasteiger partial charge in [-0.25, -0.2) is 0 Å².